The van der Waals surface area contributed by atoms with E-state index in [2.05, 4.69) is 65.3 Å². The van der Waals surface area contributed by atoms with Crippen LogP contribution in [0.15, 0.2) is 72.8 Å². The van der Waals surface area contributed by atoms with Gasteiger partial charge >= 0.3 is 0 Å². The van der Waals surface area contributed by atoms with Crippen LogP contribution in [0.5, 0.6) is 11.5 Å². The zero-order valence-corrected chi connectivity index (χ0v) is 18.3. The van der Waals surface area contributed by atoms with Crippen molar-refractivity contribution in [3.05, 3.63) is 89.5 Å². The molecular weight excluding hydrogens is 384 g/mol. The third kappa shape index (κ3) is 6.02. The van der Waals surface area contributed by atoms with Crippen molar-refractivity contribution < 1.29 is 9.84 Å². The van der Waals surface area contributed by atoms with Crippen molar-refractivity contribution in [1.82, 2.24) is 4.90 Å². The number of ether oxygens (including phenoxy) is 1. The van der Waals surface area contributed by atoms with Gasteiger partial charge in [-0.15, -0.1) is 0 Å². The highest BCUT2D eigenvalue weighted by Gasteiger charge is 2.17. The number of aromatic hydroxyl groups is 1. The van der Waals surface area contributed by atoms with E-state index in [1.165, 1.54) is 28.8 Å². The molecule has 0 atom stereocenters. The summed E-state index contributed by atoms with van der Waals surface area (Å²) in [6.45, 7) is 7.87. The largest absolute Gasteiger partial charge is 0.508 e. The molecule has 4 heteroatoms. The van der Waals surface area contributed by atoms with E-state index in [0.717, 1.165) is 44.9 Å². The maximum atomic E-state index is 9.47. The van der Waals surface area contributed by atoms with Gasteiger partial charge in [0.05, 0.1) is 0 Å². The van der Waals surface area contributed by atoms with Crippen molar-refractivity contribution in [3.8, 4) is 11.5 Å². The van der Waals surface area contributed by atoms with Crippen molar-refractivity contribution in [2.45, 2.75) is 32.9 Å². The van der Waals surface area contributed by atoms with Gasteiger partial charge < -0.3 is 14.7 Å². The maximum Gasteiger partial charge on any atom is 0.119 e. The molecule has 4 nitrogen and oxygen atoms in total. The number of piperazine rings is 1. The third-order valence-corrected chi connectivity index (χ3v) is 5.88. The zero-order chi connectivity index (χ0) is 21.5. The van der Waals surface area contributed by atoms with Crippen LogP contribution in [0.4, 0.5) is 5.69 Å². The van der Waals surface area contributed by atoms with Gasteiger partial charge in [-0.1, -0.05) is 49.7 Å². The Kier molecular flexibility index (Phi) is 7.11. The Morgan fingerprint density at radius 1 is 0.742 bits per heavy atom. The van der Waals surface area contributed by atoms with Crippen LogP contribution in [0, 0.1) is 0 Å². The van der Waals surface area contributed by atoms with Crippen molar-refractivity contribution in [1.29, 1.82) is 0 Å². The fourth-order valence-corrected chi connectivity index (χ4v) is 4.03. The Bertz CT molecular complexity index is 928. The number of hydrogen-bond acceptors (Lipinski definition) is 4. The molecule has 0 bridgehead atoms. The summed E-state index contributed by atoms with van der Waals surface area (Å²) in [6, 6.07) is 24.7. The topological polar surface area (TPSA) is 35.9 Å². The lowest BCUT2D eigenvalue weighted by molar-refractivity contribution is 0.250. The van der Waals surface area contributed by atoms with Gasteiger partial charge in [0.25, 0.3) is 0 Å². The van der Waals surface area contributed by atoms with Crippen molar-refractivity contribution in [2.75, 3.05) is 31.1 Å². The molecule has 0 radical (unpaired) electrons. The van der Waals surface area contributed by atoms with Gasteiger partial charge in [-0.25, -0.2) is 0 Å². The molecule has 3 aromatic rings. The highest BCUT2D eigenvalue weighted by molar-refractivity contribution is 5.49. The van der Waals surface area contributed by atoms with Gasteiger partial charge in [-0.3, -0.25) is 4.90 Å². The van der Waals surface area contributed by atoms with Crippen LogP contribution in [-0.2, 0) is 19.6 Å². The van der Waals surface area contributed by atoms with E-state index in [0.29, 0.717) is 12.4 Å². The van der Waals surface area contributed by atoms with Gasteiger partial charge in [0.2, 0.25) is 0 Å². The molecule has 0 spiro atoms. The second kappa shape index (κ2) is 10.4. The number of hydrogen-bond donors (Lipinski definition) is 1. The number of nitrogens with zero attached hydrogens (tertiary/aromatic N) is 2. The van der Waals surface area contributed by atoms with Crippen molar-refractivity contribution in [2.24, 2.45) is 0 Å². The molecule has 1 fully saturated rings. The summed E-state index contributed by atoms with van der Waals surface area (Å²) in [7, 11) is 0. The first kappa shape index (κ1) is 21.3. The fraction of sp³-hybridized carbons (Fsp3) is 0.333. The first-order chi connectivity index (χ1) is 15.2. The maximum absolute atomic E-state index is 9.47. The lowest BCUT2D eigenvalue weighted by atomic mass is 10.1. The highest BCUT2D eigenvalue weighted by atomic mass is 16.5. The van der Waals surface area contributed by atoms with Gasteiger partial charge in [-0.05, 0) is 59.5 Å². The Hall–Kier alpha value is -2.98. The normalized spacial score (nSPS) is 14.5. The highest BCUT2D eigenvalue weighted by Crippen LogP contribution is 2.21. The number of rotatable bonds is 8. The van der Waals surface area contributed by atoms with Crippen molar-refractivity contribution >= 4 is 5.69 Å². The van der Waals surface area contributed by atoms with E-state index in [1.807, 2.05) is 12.1 Å². The molecule has 1 aliphatic heterocycles. The van der Waals surface area contributed by atoms with E-state index < -0.39 is 0 Å². The summed E-state index contributed by atoms with van der Waals surface area (Å²) >= 11 is 0. The summed E-state index contributed by atoms with van der Waals surface area (Å²) in [5.74, 6) is 1.25. The first-order valence-electron chi connectivity index (χ1n) is 11.3. The number of benzene rings is 3. The molecule has 1 N–H and O–H groups in total. The Morgan fingerprint density at radius 2 is 1.35 bits per heavy atom. The molecule has 162 valence electrons. The monoisotopic (exact) mass is 416 g/mol. The van der Waals surface area contributed by atoms with Crippen LogP contribution in [0.3, 0.4) is 0 Å². The zero-order valence-electron chi connectivity index (χ0n) is 18.3. The van der Waals surface area contributed by atoms with E-state index >= 15 is 0 Å². The average Bonchev–Trinajstić information content (AvgIpc) is 2.81. The first-order valence-corrected chi connectivity index (χ1v) is 11.3. The Balaban J connectivity index is 1.23. The van der Waals surface area contributed by atoms with E-state index in [-0.39, 0.29) is 0 Å². The van der Waals surface area contributed by atoms with Crippen molar-refractivity contribution in [3.63, 3.8) is 0 Å². The van der Waals surface area contributed by atoms with Crippen LogP contribution >= 0.6 is 0 Å². The molecular formula is C27H32N2O2. The Morgan fingerprint density at radius 3 is 2.00 bits per heavy atom. The molecule has 0 aromatic heterocycles. The van der Waals surface area contributed by atoms with E-state index in [1.54, 1.807) is 12.1 Å². The lowest BCUT2D eigenvalue weighted by Crippen LogP contribution is -2.45. The molecule has 3 aromatic carbocycles. The van der Waals surface area contributed by atoms with Crippen LogP contribution in [0.25, 0.3) is 0 Å². The summed E-state index contributed by atoms with van der Waals surface area (Å²) in [4.78, 5) is 4.88. The van der Waals surface area contributed by atoms with Gasteiger partial charge in [0.15, 0.2) is 0 Å². The second-order valence-electron chi connectivity index (χ2n) is 8.28. The predicted molar refractivity (Wildman–Crippen MR) is 127 cm³/mol. The third-order valence-electron chi connectivity index (χ3n) is 5.88. The quantitative estimate of drug-likeness (QED) is 0.544. The van der Waals surface area contributed by atoms with Crippen LogP contribution in [-0.4, -0.2) is 36.2 Å². The molecule has 4 rings (SSSR count). The standard InChI is InChI=1S/C27H32N2O2/c1-2-3-22-8-14-27(15-9-22)31-21-24-6-4-23(5-7-24)20-28-16-18-29(19-17-28)25-10-12-26(30)13-11-25/h4-15,30H,2-3,16-21H2,1H3. The summed E-state index contributed by atoms with van der Waals surface area (Å²) < 4.78 is 5.94. The summed E-state index contributed by atoms with van der Waals surface area (Å²) in [5.41, 5.74) is 5.08. The molecule has 1 heterocycles. The molecule has 0 unspecified atom stereocenters. The molecule has 0 aliphatic carbocycles. The van der Waals surface area contributed by atoms with Gasteiger partial charge in [0, 0.05) is 38.4 Å². The molecule has 0 amide bonds. The minimum Gasteiger partial charge on any atom is -0.508 e. The molecule has 0 saturated carbocycles. The fourth-order valence-electron chi connectivity index (χ4n) is 4.03. The number of phenolic OH excluding ortho intramolecular Hbond substituents is 1. The van der Waals surface area contributed by atoms with Gasteiger partial charge in [-0.2, -0.15) is 0 Å². The lowest BCUT2D eigenvalue weighted by Gasteiger charge is -2.36. The van der Waals surface area contributed by atoms with Crippen LogP contribution in [0.1, 0.15) is 30.0 Å². The summed E-state index contributed by atoms with van der Waals surface area (Å²) in [6.07, 6.45) is 2.29. The number of phenols is 1. The van der Waals surface area contributed by atoms with Crippen LogP contribution < -0.4 is 9.64 Å². The average molecular weight is 417 g/mol. The minimum absolute atomic E-state index is 0.320. The predicted octanol–water partition coefficient (Wildman–Crippen LogP) is 5.25. The SMILES string of the molecule is CCCc1ccc(OCc2ccc(CN3CCN(c4ccc(O)cc4)CC3)cc2)cc1. The van der Waals surface area contributed by atoms with E-state index in [4.69, 9.17) is 4.74 Å². The minimum atomic E-state index is 0.320. The second-order valence-corrected chi connectivity index (χ2v) is 8.28. The number of anilines is 1. The van der Waals surface area contributed by atoms with Crippen LogP contribution in [0.2, 0.25) is 0 Å². The molecule has 1 aliphatic rings. The molecule has 1 saturated heterocycles. The summed E-state index contributed by atoms with van der Waals surface area (Å²) in [5, 5.41) is 9.47. The van der Waals surface area contributed by atoms with Gasteiger partial charge in [0.1, 0.15) is 18.1 Å². The molecule has 31 heavy (non-hydrogen) atoms. The smallest absolute Gasteiger partial charge is 0.119 e. The van der Waals surface area contributed by atoms with E-state index in [9.17, 15) is 5.11 Å². The Labute approximate surface area is 185 Å². The number of aryl methyl sites for hydroxylation is 1.